The fraction of sp³-hybridized carbons (Fsp3) is 0.133. The molecule has 0 heterocycles. The van der Waals surface area contributed by atoms with Gasteiger partial charge in [-0.2, -0.15) is 0 Å². The number of ether oxygens (including phenoxy) is 1. The highest BCUT2D eigenvalue weighted by atomic mass is 16.5. The van der Waals surface area contributed by atoms with Gasteiger partial charge in [0.05, 0.1) is 12.7 Å². The second-order valence-electron chi connectivity index (χ2n) is 3.72. The first-order chi connectivity index (χ1) is 8.27. The molecule has 0 radical (unpaired) electrons. The van der Waals surface area contributed by atoms with Crippen LogP contribution < -0.4 is 0 Å². The molecule has 2 aromatic carbocycles. The highest BCUT2D eigenvalue weighted by molar-refractivity contribution is 6.20. The Morgan fingerprint density at radius 3 is 2.53 bits per heavy atom. The molecular weight excluding hydrogens is 212 g/mol. The third kappa shape index (κ3) is 2.07. The van der Waals surface area contributed by atoms with Crippen LogP contribution in [0.2, 0.25) is 0 Å². The normalized spacial score (nSPS) is 11.5. The Morgan fingerprint density at radius 1 is 1.12 bits per heavy atom. The van der Waals surface area contributed by atoms with Crippen molar-refractivity contribution >= 4 is 22.3 Å². The van der Waals surface area contributed by atoms with Crippen molar-refractivity contribution in [2.24, 2.45) is 0 Å². The zero-order valence-electron chi connectivity index (χ0n) is 9.94. The highest BCUT2D eigenvalue weighted by Crippen LogP contribution is 2.25. The molecule has 2 nitrogen and oxygen atoms in total. The van der Waals surface area contributed by atoms with Gasteiger partial charge in [0, 0.05) is 0 Å². The van der Waals surface area contributed by atoms with Crippen LogP contribution in [-0.4, -0.2) is 13.1 Å². The SMILES string of the molecule is C/C=C(\C(=O)OC)c1cccc2ccccc12. The lowest BCUT2D eigenvalue weighted by Gasteiger charge is -2.08. The molecule has 0 spiro atoms. The second-order valence-corrected chi connectivity index (χ2v) is 3.72. The van der Waals surface area contributed by atoms with E-state index in [2.05, 4.69) is 0 Å². The Balaban J connectivity index is 2.66. The molecule has 2 aromatic rings. The van der Waals surface area contributed by atoms with Crippen LogP contribution >= 0.6 is 0 Å². The molecule has 0 aliphatic heterocycles. The molecule has 0 unspecified atom stereocenters. The monoisotopic (exact) mass is 226 g/mol. The van der Waals surface area contributed by atoms with E-state index in [4.69, 9.17) is 4.74 Å². The van der Waals surface area contributed by atoms with Crippen molar-refractivity contribution in [2.45, 2.75) is 6.92 Å². The van der Waals surface area contributed by atoms with Crippen LogP contribution in [0.3, 0.4) is 0 Å². The molecule has 17 heavy (non-hydrogen) atoms. The molecule has 2 heteroatoms. The minimum absolute atomic E-state index is 0.302. The van der Waals surface area contributed by atoms with Crippen molar-refractivity contribution in [3.63, 3.8) is 0 Å². The van der Waals surface area contributed by atoms with Gasteiger partial charge in [-0.25, -0.2) is 4.79 Å². The lowest BCUT2D eigenvalue weighted by Crippen LogP contribution is -2.04. The number of fused-ring (bicyclic) bond motifs is 1. The van der Waals surface area contributed by atoms with Gasteiger partial charge in [-0.1, -0.05) is 48.5 Å². The van der Waals surface area contributed by atoms with Crippen molar-refractivity contribution in [1.82, 2.24) is 0 Å². The molecule has 0 saturated carbocycles. The van der Waals surface area contributed by atoms with Gasteiger partial charge >= 0.3 is 5.97 Å². The number of carbonyl (C=O) groups excluding carboxylic acids is 1. The van der Waals surface area contributed by atoms with Crippen LogP contribution in [0.1, 0.15) is 12.5 Å². The van der Waals surface area contributed by atoms with Gasteiger partial charge in [-0.3, -0.25) is 0 Å². The molecule has 0 atom stereocenters. The standard InChI is InChI=1S/C15H14O2/c1-3-12(15(16)17-2)14-10-6-8-11-7-4-5-9-13(11)14/h3-10H,1-2H3/b12-3-. The van der Waals surface area contributed by atoms with E-state index in [0.717, 1.165) is 16.3 Å². The maximum Gasteiger partial charge on any atom is 0.338 e. The Morgan fingerprint density at radius 2 is 1.82 bits per heavy atom. The number of rotatable bonds is 2. The number of allylic oxidation sites excluding steroid dienone is 1. The summed E-state index contributed by atoms with van der Waals surface area (Å²) in [5.41, 5.74) is 1.52. The molecule has 0 aliphatic rings. The van der Waals surface area contributed by atoms with Gasteiger partial charge in [0.15, 0.2) is 0 Å². The van der Waals surface area contributed by atoms with Crippen molar-refractivity contribution in [3.8, 4) is 0 Å². The maximum absolute atomic E-state index is 11.7. The summed E-state index contributed by atoms with van der Waals surface area (Å²) in [6, 6.07) is 13.9. The molecule has 2 rings (SSSR count). The second kappa shape index (κ2) is 4.83. The largest absolute Gasteiger partial charge is 0.465 e. The van der Waals surface area contributed by atoms with Crippen molar-refractivity contribution in [2.75, 3.05) is 7.11 Å². The van der Waals surface area contributed by atoms with Crippen LogP contribution in [0.15, 0.2) is 48.5 Å². The molecule has 0 aromatic heterocycles. The minimum Gasteiger partial charge on any atom is -0.465 e. The Kier molecular flexibility index (Phi) is 3.24. The number of methoxy groups -OCH3 is 1. The first-order valence-electron chi connectivity index (χ1n) is 5.50. The highest BCUT2D eigenvalue weighted by Gasteiger charge is 2.13. The number of hydrogen-bond donors (Lipinski definition) is 0. The van der Waals surface area contributed by atoms with E-state index in [9.17, 15) is 4.79 Å². The molecule has 0 saturated heterocycles. The van der Waals surface area contributed by atoms with Crippen molar-refractivity contribution < 1.29 is 9.53 Å². The zero-order valence-corrected chi connectivity index (χ0v) is 9.94. The summed E-state index contributed by atoms with van der Waals surface area (Å²) >= 11 is 0. The first kappa shape index (κ1) is 11.4. The first-order valence-corrected chi connectivity index (χ1v) is 5.50. The van der Waals surface area contributed by atoms with Crippen LogP contribution in [0.4, 0.5) is 0 Å². The van der Waals surface area contributed by atoms with Crippen LogP contribution in [0.5, 0.6) is 0 Å². The molecule has 0 amide bonds. The summed E-state index contributed by atoms with van der Waals surface area (Å²) in [7, 11) is 1.40. The summed E-state index contributed by atoms with van der Waals surface area (Å²) < 4.78 is 4.80. The van der Waals surface area contributed by atoms with E-state index in [1.807, 2.05) is 49.4 Å². The van der Waals surface area contributed by atoms with Gasteiger partial charge in [0.2, 0.25) is 0 Å². The number of esters is 1. The van der Waals surface area contributed by atoms with E-state index in [1.165, 1.54) is 7.11 Å². The van der Waals surface area contributed by atoms with Crippen molar-refractivity contribution in [1.29, 1.82) is 0 Å². The predicted octanol–water partition coefficient (Wildman–Crippen LogP) is 3.42. The summed E-state index contributed by atoms with van der Waals surface area (Å²) in [4.78, 5) is 11.7. The molecule has 0 bridgehead atoms. The predicted molar refractivity (Wildman–Crippen MR) is 69.6 cm³/mol. The zero-order chi connectivity index (χ0) is 12.3. The quantitative estimate of drug-likeness (QED) is 0.579. The van der Waals surface area contributed by atoms with Gasteiger partial charge in [-0.05, 0) is 23.3 Å². The third-order valence-electron chi connectivity index (χ3n) is 2.77. The number of benzene rings is 2. The lowest BCUT2D eigenvalue weighted by molar-refractivity contribution is -0.133. The third-order valence-corrected chi connectivity index (χ3v) is 2.77. The van der Waals surface area contributed by atoms with E-state index >= 15 is 0 Å². The Hall–Kier alpha value is -2.09. The molecule has 86 valence electrons. The lowest BCUT2D eigenvalue weighted by atomic mass is 9.98. The minimum atomic E-state index is -0.302. The fourth-order valence-corrected chi connectivity index (χ4v) is 1.95. The van der Waals surface area contributed by atoms with E-state index in [-0.39, 0.29) is 5.97 Å². The fourth-order valence-electron chi connectivity index (χ4n) is 1.95. The van der Waals surface area contributed by atoms with Gasteiger partial charge in [0.1, 0.15) is 0 Å². The molecule has 0 fully saturated rings. The number of carbonyl (C=O) groups is 1. The van der Waals surface area contributed by atoms with Crippen LogP contribution in [0, 0.1) is 0 Å². The summed E-state index contributed by atoms with van der Waals surface area (Å²) in [6.07, 6.45) is 1.79. The molecular formula is C15H14O2. The van der Waals surface area contributed by atoms with Crippen molar-refractivity contribution in [3.05, 3.63) is 54.1 Å². The van der Waals surface area contributed by atoms with E-state index in [1.54, 1.807) is 6.08 Å². The topological polar surface area (TPSA) is 26.3 Å². The van der Waals surface area contributed by atoms with Gasteiger partial charge < -0.3 is 4.74 Å². The van der Waals surface area contributed by atoms with E-state index < -0.39 is 0 Å². The van der Waals surface area contributed by atoms with Gasteiger partial charge in [0.25, 0.3) is 0 Å². The van der Waals surface area contributed by atoms with Gasteiger partial charge in [-0.15, -0.1) is 0 Å². The Labute approximate surface area is 101 Å². The average Bonchev–Trinajstić information content (AvgIpc) is 2.39. The van der Waals surface area contributed by atoms with Crippen LogP contribution in [0.25, 0.3) is 16.3 Å². The summed E-state index contributed by atoms with van der Waals surface area (Å²) in [5.74, 6) is -0.302. The smallest absolute Gasteiger partial charge is 0.338 e. The Bertz CT molecular complexity index is 577. The average molecular weight is 226 g/mol. The van der Waals surface area contributed by atoms with E-state index in [0.29, 0.717) is 5.57 Å². The maximum atomic E-state index is 11.7. The number of hydrogen-bond acceptors (Lipinski definition) is 2. The molecule has 0 N–H and O–H groups in total. The van der Waals surface area contributed by atoms with Crippen LogP contribution in [-0.2, 0) is 9.53 Å². The summed E-state index contributed by atoms with van der Waals surface area (Å²) in [6.45, 7) is 1.84. The molecule has 0 aliphatic carbocycles. The summed E-state index contributed by atoms with van der Waals surface area (Å²) in [5, 5.41) is 2.18.